The highest BCUT2D eigenvalue weighted by Crippen LogP contribution is 1.93. The zero-order chi connectivity index (χ0) is 13.1. The summed E-state index contributed by atoms with van der Waals surface area (Å²) >= 11 is 0. The topological polar surface area (TPSA) is 53.6 Å². The van der Waals surface area contributed by atoms with E-state index in [1.807, 2.05) is 0 Å². The normalized spacial score (nSPS) is 11.2. The van der Waals surface area contributed by atoms with Crippen molar-refractivity contribution in [3.63, 3.8) is 0 Å². The number of nitrogens with zero attached hydrogens (tertiary/aromatic N) is 1. The molecular formula is C12H27N3O2. The van der Waals surface area contributed by atoms with Gasteiger partial charge in [0, 0.05) is 19.7 Å². The van der Waals surface area contributed by atoms with Crippen LogP contribution in [0.15, 0.2) is 0 Å². The Morgan fingerprint density at radius 3 is 2.65 bits per heavy atom. The Kier molecular flexibility index (Phi) is 10.1. The van der Waals surface area contributed by atoms with Crippen LogP contribution in [0.2, 0.25) is 0 Å². The second-order valence-corrected chi connectivity index (χ2v) is 4.45. The van der Waals surface area contributed by atoms with Crippen LogP contribution in [0, 0.1) is 0 Å². The molecule has 0 spiro atoms. The Morgan fingerprint density at radius 2 is 2.06 bits per heavy atom. The predicted molar refractivity (Wildman–Crippen MR) is 70.1 cm³/mol. The zero-order valence-electron chi connectivity index (χ0n) is 11.6. The molecule has 0 atom stereocenters. The molecule has 0 radical (unpaired) electrons. The van der Waals surface area contributed by atoms with Gasteiger partial charge in [-0.2, -0.15) is 0 Å². The van der Waals surface area contributed by atoms with Gasteiger partial charge in [-0.25, -0.2) is 0 Å². The molecular weight excluding hydrogens is 218 g/mol. The Labute approximate surface area is 105 Å². The van der Waals surface area contributed by atoms with Gasteiger partial charge in [-0.1, -0.05) is 0 Å². The fourth-order valence-electron chi connectivity index (χ4n) is 1.27. The molecule has 0 aromatic carbocycles. The maximum absolute atomic E-state index is 11.3. The molecule has 0 saturated carbocycles. The third-order valence-electron chi connectivity index (χ3n) is 2.66. The van der Waals surface area contributed by atoms with Crippen LogP contribution >= 0.6 is 0 Å². The van der Waals surface area contributed by atoms with Gasteiger partial charge in [0.15, 0.2) is 0 Å². The van der Waals surface area contributed by atoms with Gasteiger partial charge in [-0.05, 0) is 40.4 Å². The summed E-state index contributed by atoms with van der Waals surface area (Å²) in [6, 6.07) is 0.576. The van der Waals surface area contributed by atoms with Gasteiger partial charge in [0.25, 0.3) is 0 Å². The van der Waals surface area contributed by atoms with Crippen LogP contribution < -0.4 is 10.6 Å². The number of methoxy groups -OCH3 is 1. The molecule has 0 aliphatic carbocycles. The minimum absolute atomic E-state index is 0.0271. The molecule has 0 bridgehead atoms. The molecule has 102 valence electrons. The molecule has 0 aliphatic heterocycles. The van der Waals surface area contributed by atoms with Gasteiger partial charge in [-0.3, -0.25) is 4.79 Å². The lowest BCUT2D eigenvalue weighted by Crippen LogP contribution is -2.36. The van der Waals surface area contributed by atoms with Crippen molar-refractivity contribution in [2.75, 3.05) is 46.9 Å². The van der Waals surface area contributed by atoms with Crippen molar-refractivity contribution in [1.82, 2.24) is 15.5 Å². The van der Waals surface area contributed by atoms with Crippen molar-refractivity contribution >= 4 is 5.91 Å². The average Bonchev–Trinajstić information content (AvgIpc) is 2.28. The number of hydrogen-bond acceptors (Lipinski definition) is 4. The number of carbonyl (C=O) groups is 1. The van der Waals surface area contributed by atoms with E-state index < -0.39 is 0 Å². The average molecular weight is 245 g/mol. The minimum Gasteiger partial charge on any atom is -0.383 e. The Hall–Kier alpha value is -0.650. The van der Waals surface area contributed by atoms with Crippen LogP contribution in [0.5, 0.6) is 0 Å². The van der Waals surface area contributed by atoms with E-state index in [1.165, 1.54) is 0 Å². The summed E-state index contributed by atoms with van der Waals surface area (Å²) in [5, 5.41) is 5.89. The zero-order valence-corrected chi connectivity index (χ0v) is 11.6. The first kappa shape index (κ1) is 16.4. The molecule has 0 aliphatic rings. The van der Waals surface area contributed by atoms with E-state index in [1.54, 1.807) is 7.11 Å². The van der Waals surface area contributed by atoms with Crippen molar-refractivity contribution < 1.29 is 9.53 Å². The highest BCUT2D eigenvalue weighted by molar-refractivity contribution is 5.77. The molecule has 0 fully saturated rings. The monoisotopic (exact) mass is 245 g/mol. The summed E-state index contributed by atoms with van der Waals surface area (Å²) in [6.07, 6.45) is 1.06. The quantitative estimate of drug-likeness (QED) is 0.535. The highest BCUT2D eigenvalue weighted by Gasteiger charge is 2.02. The molecule has 0 aromatic heterocycles. The summed E-state index contributed by atoms with van der Waals surface area (Å²) < 4.78 is 4.84. The first-order valence-corrected chi connectivity index (χ1v) is 6.24. The van der Waals surface area contributed by atoms with Gasteiger partial charge in [0.2, 0.25) is 5.91 Å². The second kappa shape index (κ2) is 10.5. The van der Waals surface area contributed by atoms with Gasteiger partial charge in [0.1, 0.15) is 0 Å². The molecule has 0 unspecified atom stereocenters. The number of nitrogens with one attached hydrogen (secondary N) is 2. The van der Waals surface area contributed by atoms with E-state index in [0.717, 1.165) is 19.5 Å². The minimum atomic E-state index is 0.0271. The number of amides is 1. The van der Waals surface area contributed by atoms with Crippen molar-refractivity contribution in [1.29, 1.82) is 0 Å². The van der Waals surface area contributed by atoms with Crippen LogP contribution in [-0.4, -0.2) is 63.8 Å². The molecule has 0 aromatic rings. The SMILES string of the molecule is COCCNC(=O)CNCCCN(C)C(C)C. The Morgan fingerprint density at radius 1 is 1.35 bits per heavy atom. The Bertz CT molecular complexity index is 198. The Balaban J connectivity index is 3.30. The molecule has 0 heterocycles. The molecule has 5 nitrogen and oxygen atoms in total. The number of ether oxygens (including phenoxy) is 1. The van der Waals surface area contributed by atoms with Crippen molar-refractivity contribution in [3.05, 3.63) is 0 Å². The summed E-state index contributed by atoms with van der Waals surface area (Å²) in [5.74, 6) is 0.0271. The van der Waals surface area contributed by atoms with Crippen LogP contribution in [0.3, 0.4) is 0 Å². The van der Waals surface area contributed by atoms with Gasteiger partial charge in [0.05, 0.1) is 13.2 Å². The van der Waals surface area contributed by atoms with Crippen LogP contribution in [0.1, 0.15) is 20.3 Å². The molecule has 0 rings (SSSR count). The lowest BCUT2D eigenvalue weighted by atomic mass is 10.3. The smallest absolute Gasteiger partial charge is 0.234 e. The van der Waals surface area contributed by atoms with E-state index >= 15 is 0 Å². The molecule has 0 saturated heterocycles. The van der Waals surface area contributed by atoms with Gasteiger partial charge >= 0.3 is 0 Å². The first-order valence-electron chi connectivity index (χ1n) is 6.24. The van der Waals surface area contributed by atoms with Gasteiger partial charge < -0.3 is 20.3 Å². The molecule has 17 heavy (non-hydrogen) atoms. The predicted octanol–water partition coefficient (Wildman–Crippen LogP) is 0.0689. The standard InChI is InChI=1S/C12H27N3O2/c1-11(2)15(3)8-5-6-13-10-12(16)14-7-9-17-4/h11,13H,5-10H2,1-4H3,(H,14,16). The fourth-order valence-corrected chi connectivity index (χ4v) is 1.27. The third kappa shape index (κ3) is 10.2. The highest BCUT2D eigenvalue weighted by atomic mass is 16.5. The van der Waals surface area contributed by atoms with Crippen LogP contribution in [0.25, 0.3) is 0 Å². The lowest BCUT2D eigenvalue weighted by Gasteiger charge is -2.20. The van der Waals surface area contributed by atoms with Crippen molar-refractivity contribution in [2.24, 2.45) is 0 Å². The molecule has 1 amide bonds. The maximum Gasteiger partial charge on any atom is 0.234 e. The van der Waals surface area contributed by atoms with E-state index in [2.05, 4.69) is 36.4 Å². The molecule has 2 N–H and O–H groups in total. The first-order chi connectivity index (χ1) is 8.07. The van der Waals surface area contributed by atoms with Crippen molar-refractivity contribution in [2.45, 2.75) is 26.3 Å². The molecule has 5 heteroatoms. The number of carbonyl (C=O) groups excluding carboxylic acids is 1. The fraction of sp³-hybridized carbons (Fsp3) is 0.917. The summed E-state index contributed by atoms with van der Waals surface area (Å²) in [4.78, 5) is 13.6. The number of rotatable bonds is 10. The lowest BCUT2D eigenvalue weighted by molar-refractivity contribution is -0.120. The summed E-state index contributed by atoms with van der Waals surface area (Å²) in [6.45, 7) is 7.80. The number of hydrogen-bond donors (Lipinski definition) is 2. The summed E-state index contributed by atoms with van der Waals surface area (Å²) in [7, 11) is 3.73. The summed E-state index contributed by atoms with van der Waals surface area (Å²) in [5.41, 5.74) is 0. The van der Waals surface area contributed by atoms with E-state index in [4.69, 9.17) is 4.74 Å². The van der Waals surface area contributed by atoms with Crippen LogP contribution in [0.4, 0.5) is 0 Å². The van der Waals surface area contributed by atoms with Gasteiger partial charge in [-0.15, -0.1) is 0 Å². The van der Waals surface area contributed by atoms with Crippen molar-refractivity contribution in [3.8, 4) is 0 Å². The largest absolute Gasteiger partial charge is 0.383 e. The van der Waals surface area contributed by atoms with Crippen LogP contribution in [-0.2, 0) is 9.53 Å². The maximum atomic E-state index is 11.3. The van der Waals surface area contributed by atoms with E-state index in [0.29, 0.717) is 25.7 Å². The second-order valence-electron chi connectivity index (χ2n) is 4.45. The van der Waals surface area contributed by atoms with E-state index in [9.17, 15) is 4.79 Å². The van der Waals surface area contributed by atoms with E-state index in [-0.39, 0.29) is 5.91 Å². The third-order valence-corrected chi connectivity index (χ3v) is 2.66.